The maximum absolute atomic E-state index is 12.6. The van der Waals surface area contributed by atoms with Crippen LogP contribution in [0.15, 0.2) is 41.6 Å². The lowest BCUT2D eigenvalue weighted by Crippen LogP contribution is -2.24. The quantitative estimate of drug-likeness (QED) is 0.694. The lowest BCUT2D eigenvalue weighted by Gasteiger charge is -2.10. The van der Waals surface area contributed by atoms with E-state index in [0.29, 0.717) is 12.0 Å². The van der Waals surface area contributed by atoms with Crippen LogP contribution in [0, 0.1) is 0 Å². The van der Waals surface area contributed by atoms with E-state index in [1.165, 1.54) is 18.5 Å². The molecule has 0 unspecified atom stereocenters. The van der Waals surface area contributed by atoms with Crippen molar-refractivity contribution in [2.24, 2.45) is 0 Å². The standard InChI is InChI=1S/C15H11ClF3N7O/c16-13-9(22-7-11-21-4-3-10(20)25-11)6-24-26(14(13)27)12-2-1-8(5-23-12)15(17,18)19/h1-6,22H,7H2,(H2,20,21,25). The number of hydrogen-bond donors (Lipinski definition) is 2. The fraction of sp³-hybridized carbons (Fsp3) is 0.133. The van der Waals surface area contributed by atoms with Crippen molar-refractivity contribution in [1.29, 1.82) is 0 Å². The SMILES string of the molecule is Nc1ccnc(CNc2cnn(-c3ccc(C(F)(F)F)cn3)c(=O)c2Cl)n1. The van der Waals surface area contributed by atoms with Crippen molar-refractivity contribution in [1.82, 2.24) is 24.7 Å². The number of aromatic nitrogens is 5. The number of rotatable bonds is 4. The van der Waals surface area contributed by atoms with Gasteiger partial charge in [-0.3, -0.25) is 4.79 Å². The Hall–Kier alpha value is -3.21. The second-order valence-electron chi connectivity index (χ2n) is 5.24. The van der Waals surface area contributed by atoms with Gasteiger partial charge in [0.2, 0.25) is 0 Å². The number of nitrogens with one attached hydrogen (secondary N) is 1. The second-order valence-corrected chi connectivity index (χ2v) is 5.62. The molecule has 0 radical (unpaired) electrons. The summed E-state index contributed by atoms with van der Waals surface area (Å²) in [7, 11) is 0. The number of hydrogen-bond acceptors (Lipinski definition) is 7. The zero-order valence-corrected chi connectivity index (χ0v) is 14.2. The molecule has 0 atom stereocenters. The number of anilines is 2. The summed E-state index contributed by atoms with van der Waals surface area (Å²) in [6.45, 7) is 0.133. The molecule has 0 aliphatic carbocycles. The Morgan fingerprint density at radius 1 is 1.19 bits per heavy atom. The van der Waals surface area contributed by atoms with Gasteiger partial charge in [0.15, 0.2) is 5.82 Å². The van der Waals surface area contributed by atoms with Crippen LogP contribution >= 0.6 is 11.6 Å². The zero-order chi connectivity index (χ0) is 19.6. The fourth-order valence-electron chi connectivity index (χ4n) is 2.07. The van der Waals surface area contributed by atoms with Crippen LogP contribution in [0.3, 0.4) is 0 Å². The van der Waals surface area contributed by atoms with Crippen LogP contribution in [0.1, 0.15) is 11.4 Å². The number of nitrogens with two attached hydrogens (primary N) is 1. The van der Waals surface area contributed by atoms with Gasteiger partial charge in [0.25, 0.3) is 5.56 Å². The first-order valence-corrected chi connectivity index (χ1v) is 7.76. The minimum Gasteiger partial charge on any atom is -0.384 e. The fourth-order valence-corrected chi connectivity index (χ4v) is 2.27. The highest BCUT2D eigenvalue weighted by molar-refractivity contribution is 6.32. The average molecular weight is 398 g/mol. The van der Waals surface area contributed by atoms with Crippen LogP contribution in [0.5, 0.6) is 0 Å². The molecule has 12 heteroatoms. The third kappa shape index (κ3) is 4.14. The Kier molecular flexibility index (Phi) is 4.95. The molecule has 3 aromatic heterocycles. The molecule has 140 valence electrons. The maximum atomic E-state index is 12.6. The van der Waals surface area contributed by atoms with Gasteiger partial charge < -0.3 is 11.1 Å². The van der Waals surface area contributed by atoms with Crippen molar-refractivity contribution in [3.8, 4) is 5.82 Å². The normalized spacial score (nSPS) is 11.4. The van der Waals surface area contributed by atoms with Crippen molar-refractivity contribution in [3.63, 3.8) is 0 Å². The van der Waals surface area contributed by atoms with E-state index >= 15 is 0 Å². The molecule has 3 N–H and O–H groups in total. The Bertz CT molecular complexity index is 1020. The average Bonchev–Trinajstić information content (AvgIpc) is 2.62. The summed E-state index contributed by atoms with van der Waals surface area (Å²) in [6, 6.07) is 3.35. The molecular formula is C15H11ClF3N7O. The van der Waals surface area contributed by atoms with Crippen molar-refractivity contribution in [2.75, 3.05) is 11.1 Å². The van der Waals surface area contributed by atoms with Gasteiger partial charge in [-0.1, -0.05) is 11.6 Å². The molecule has 0 spiro atoms. The van der Waals surface area contributed by atoms with Crippen molar-refractivity contribution < 1.29 is 13.2 Å². The van der Waals surface area contributed by atoms with E-state index in [1.807, 2.05) is 0 Å². The lowest BCUT2D eigenvalue weighted by molar-refractivity contribution is -0.137. The van der Waals surface area contributed by atoms with Gasteiger partial charge in [0.05, 0.1) is 24.0 Å². The van der Waals surface area contributed by atoms with Gasteiger partial charge in [-0.2, -0.15) is 23.0 Å². The number of nitrogens with zero attached hydrogens (tertiary/aromatic N) is 5. The second kappa shape index (κ2) is 7.19. The largest absolute Gasteiger partial charge is 0.417 e. The first kappa shape index (κ1) is 18.6. The number of halogens is 4. The summed E-state index contributed by atoms with van der Waals surface area (Å²) >= 11 is 6.04. The molecule has 0 saturated carbocycles. The van der Waals surface area contributed by atoms with E-state index in [-0.39, 0.29) is 28.9 Å². The van der Waals surface area contributed by atoms with Crippen LogP contribution in [-0.4, -0.2) is 24.7 Å². The van der Waals surface area contributed by atoms with E-state index in [9.17, 15) is 18.0 Å². The molecule has 8 nitrogen and oxygen atoms in total. The third-order valence-electron chi connectivity index (χ3n) is 3.38. The van der Waals surface area contributed by atoms with Crippen LogP contribution in [0.2, 0.25) is 5.02 Å². The summed E-state index contributed by atoms with van der Waals surface area (Å²) in [5, 5.41) is 6.51. The minimum absolute atomic E-state index is 0.0967. The van der Waals surface area contributed by atoms with Crippen molar-refractivity contribution >= 4 is 23.1 Å². The third-order valence-corrected chi connectivity index (χ3v) is 3.74. The topological polar surface area (TPSA) is 112 Å². The molecule has 3 rings (SSSR count). The number of alkyl halides is 3. The Labute approximate surface area is 154 Å². The molecule has 3 heterocycles. The molecule has 0 aliphatic rings. The zero-order valence-electron chi connectivity index (χ0n) is 13.4. The predicted molar refractivity (Wildman–Crippen MR) is 91.4 cm³/mol. The van der Waals surface area contributed by atoms with Crippen molar-refractivity contribution in [3.05, 3.63) is 63.6 Å². The molecule has 3 aromatic rings. The molecule has 0 aliphatic heterocycles. The number of pyridine rings is 1. The monoisotopic (exact) mass is 397 g/mol. The van der Waals surface area contributed by atoms with Gasteiger partial charge in [0, 0.05) is 12.4 Å². The van der Waals surface area contributed by atoms with Gasteiger partial charge in [-0.25, -0.2) is 15.0 Å². The van der Waals surface area contributed by atoms with Gasteiger partial charge in [-0.15, -0.1) is 0 Å². The molecule has 27 heavy (non-hydrogen) atoms. The van der Waals surface area contributed by atoms with E-state index in [2.05, 4.69) is 25.4 Å². The Morgan fingerprint density at radius 2 is 1.96 bits per heavy atom. The van der Waals surface area contributed by atoms with Crippen LogP contribution in [0.25, 0.3) is 5.82 Å². The highest BCUT2D eigenvalue weighted by Gasteiger charge is 2.30. The molecule has 0 amide bonds. The Balaban J connectivity index is 1.83. The summed E-state index contributed by atoms with van der Waals surface area (Å²) in [6.07, 6.45) is -1.19. The summed E-state index contributed by atoms with van der Waals surface area (Å²) in [5.41, 5.74) is 4.07. The van der Waals surface area contributed by atoms with Crippen LogP contribution < -0.4 is 16.6 Å². The first-order chi connectivity index (χ1) is 12.8. The summed E-state index contributed by atoms with van der Waals surface area (Å²) in [4.78, 5) is 24.0. The van der Waals surface area contributed by atoms with E-state index in [0.717, 1.165) is 16.8 Å². The van der Waals surface area contributed by atoms with Gasteiger partial charge in [-0.05, 0) is 18.2 Å². The van der Waals surface area contributed by atoms with Gasteiger partial charge >= 0.3 is 6.18 Å². The molecule has 0 fully saturated rings. The predicted octanol–water partition coefficient (Wildman–Crippen LogP) is 2.28. The highest BCUT2D eigenvalue weighted by Crippen LogP contribution is 2.28. The molecule has 0 saturated heterocycles. The summed E-state index contributed by atoms with van der Waals surface area (Å²) in [5.74, 6) is 0.565. The van der Waals surface area contributed by atoms with Gasteiger partial charge in [0.1, 0.15) is 16.7 Å². The summed E-state index contributed by atoms with van der Waals surface area (Å²) < 4.78 is 38.6. The van der Waals surface area contributed by atoms with E-state index < -0.39 is 17.3 Å². The molecule has 0 bridgehead atoms. The first-order valence-electron chi connectivity index (χ1n) is 7.38. The van der Waals surface area contributed by atoms with E-state index in [4.69, 9.17) is 17.3 Å². The smallest absolute Gasteiger partial charge is 0.384 e. The molecule has 0 aromatic carbocycles. The maximum Gasteiger partial charge on any atom is 0.417 e. The lowest BCUT2D eigenvalue weighted by atomic mass is 10.3. The van der Waals surface area contributed by atoms with E-state index in [1.54, 1.807) is 0 Å². The van der Waals surface area contributed by atoms with Crippen molar-refractivity contribution in [2.45, 2.75) is 12.7 Å². The molecular weight excluding hydrogens is 387 g/mol. The minimum atomic E-state index is -4.53. The highest BCUT2D eigenvalue weighted by atomic mass is 35.5. The Morgan fingerprint density at radius 3 is 2.59 bits per heavy atom. The number of nitrogen functional groups attached to an aromatic ring is 1. The van der Waals surface area contributed by atoms with Crippen LogP contribution in [-0.2, 0) is 12.7 Å². The van der Waals surface area contributed by atoms with Crippen LogP contribution in [0.4, 0.5) is 24.7 Å².